The molecule has 162 valence electrons. The highest BCUT2D eigenvalue weighted by atomic mass is 16.5. The minimum atomic E-state index is -0.293. The van der Waals surface area contributed by atoms with Gasteiger partial charge in [-0.3, -0.25) is 14.4 Å². The Morgan fingerprint density at radius 2 is 1.65 bits per heavy atom. The number of nitrogens with one attached hydrogen (secondary N) is 1. The minimum absolute atomic E-state index is 0.0182. The zero-order valence-corrected chi connectivity index (χ0v) is 17.7. The second kappa shape index (κ2) is 12.0. The maximum Gasteiger partial charge on any atom is 0.259 e. The zero-order chi connectivity index (χ0) is 22.6. The van der Waals surface area contributed by atoms with Crippen molar-refractivity contribution in [2.45, 2.75) is 19.3 Å². The molecule has 0 aliphatic heterocycles. The number of rotatable bonds is 10. The summed E-state index contributed by atoms with van der Waals surface area (Å²) in [6.45, 7) is 0.212. The Labute approximate surface area is 182 Å². The molecule has 0 aliphatic rings. The highest BCUT2D eigenvalue weighted by Gasteiger charge is 2.16. The number of anilines is 2. The monoisotopic (exact) mass is 422 g/mol. The number of benzene rings is 2. The molecule has 0 fully saturated rings. The van der Waals surface area contributed by atoms with Crippen molar-refractivity contribution in [2.24, 2.45) is 0 Å². The number of nitrogens with zero attached hydrogens (tertiary/aromatic N) is 3. The van der Waals surface area contributed by atoms with Crippen LogP contribution in [0, 0.1) is 11.3 Å². The van der Waals surface area contributed by atoms with Gasteiger partial charge in [0.1, 0.15) is 5.75 Å². The van der Waals surface area contributed by atoms with Crippen LogP contribution in [0.1, 0.15) is 19.3 Å². The van der Waals surface area contributed by atoms with Crippen LogP contribution < -0.4 is 15.0 Å². The molecule has 0 radical (unpaired) electrons. The number of hydrogen-bond donors (Lipinski definition) is 1. The predicted molar refractivity (Wildman–Crippen MR) is 118 cm³/mol. The molecule has 2 aromatic carbocycles. The number of amides is 3. The van der Waals surface area contributed by atoms with E-state index in [-0.39, 0.29) is 50.1 Å². The molecule has 1 N–H and O–H groups in total. The highest BCUT2D eigenvalue weighted by molar-refractivity contribution is 5.98. The molecule has 0 saturated heterocycles. The summed E-state index contributed by atoms with van der Waals surface area (Å²) in [5.41, 5.74) is 1.26. The van der Waals surface area contributed by atoms with Crippen LogP contribution in [0.5, 0.6) is 5.75 Å². The molecule has 0 unspecified atom stereocenters. The van der Waals surface area contributed by atoms with E-state index >= 15 is 0 Å². The van der Waals surface area contributed by atoms with Crippen LogP contribution in [-0.4, -0.2) is 49.9 Å². The third-order valence-electron chi connectivity index (χ3n) is 4.38. The lowest BCUT2D eigenvalue weighted by atomic mass is 10.2. The maximum absolute atomic E-state index is 12.6. The first-order chi connectivity index (χ1) is 14.9. The number of para-hydroxylation sites is 1. The molecular formula is C23H26N4O4. The Morgan fingerprint density at radius 3 is 2.26 bits per heavy atom. The summed E-state index contributed by atoms with van der Waals surface area (Å²) < 4.78 is 5.39. The highest BCUT2D eigenvalue weighted by Crippen LogP contribution is 2.18. The maximum atomic E-state index is 12.6. The molecule has 0 spiro atoms. The second-order valence-corrected chi connectivity index (χ2v) is 6.94. The van der Waals surface area contributed by atoms with Crippen molar-refractivity contribution < 1.29 is 19.1 Å². The van der Waals surface area contributed by atoms with E-state index in [0.717, 1.165) is 0 Å². The topological polar surface area (TPSA) is 103 Å². The minimum Gasteiger partial charge on any atom is -0.484 e. The summed E-state index contributed by atoms with van der Waals surface area (Å²) >= 11 is 0. The molecule has 0 heterocycles. The Bertz CT molecular complexity index is 921. The van der Waals surface area contributed by atoms with Crippen molar-refractivity contribution in [1.82, 2.24) is 4.90 Å². The quantitative estimate of drug-likeness (QED) is 0.634. The van der Waals surface area contributed by atoms with Gasteiger partial charge >= 0.3 is 0 Å². The van der Waals surface area contributed by atoms with Gasteiger partial charge in [0.05, 0.1) is 12.5 Å². The smallest absolute Gasteiger partial charge is 0.259 e. The summed E-state index contributed by atoms with van der Waals surface area (Å²) in [4.78, 5) is 39.4. The van der Waals surface area contributed by atoms with Gasteiger partial charge in [-0.2, -0.15) is 5.26 Å². The van der Waals surface area contributed by atoms with Crippen molar-refractivity contribution in [3.05, 3.63) is 54.6 Å². The lowest BCUT2D eigenvalue weighted by molar-refractivity contribution is -0.130. The van der Waals surface area contributed by atoms with Crippen LogP contribution in [0.4, 0.5) is 11.4 Å². The summed E-state index contributed by atoms with van der Waals surface area (Å²) in [6.07, 6.45) is 0.256. The lowest BCUT2D eigenvalue weighted by Gasteiger charge is -2.21. The lowest BCUT2D eigenvalue weighted by Crippen LogP contribution is -2.32. The van der Waals surface area contributed by atoms with E-state index in [1.54, 1.807) is 50.5 Å². The van der Waals surface area contributed by atoms with Gasteiger partial charge in [-0.15, -0.1) is 0 Å². The average Bonchev–Trinajstić information content (AvgIpc) is 2.78. The fourth-order valence-electron chi connectivity index (χ4n) is 2.66. The van der Waals surface area contributed by atoms with Crippen molar-refractivity contribution in [3.8, 4) is 11.8 Å². The predicted octanol–water partition coefficient (Wildman–Crippen LogP) is 2.82. The second-order valence-electron chi connectivity index (χ2n) is 6.94. The molecule has 8 nitrogen and oxygen atoms in total. The third kappa shape index (κ3) is 7.82. The van der Waals surface area contributed by atoms with E-state index in [0.29, 0.717) is 17.1 Å². The van der Waals surface area contributed by atoms with Gasteiger partial charge < -0.3 is 19.9 Å². The summed E-state index contributed by atoms with van der Waals surface area (Å²) in [7, 11) is 3.30. The van der Waals surface area contributed by atoms with E-state index in [1.807, 2.05) is 24.3 Å². The normalized spacial score (nSPS) is 9.97. The zero-order valence-electron chi connectivity index (χ0n) is 17.7. The van der Waals surface area contributed by atoms with Crippen LogP contribution in [0.15, 0.2) is 54.6 Å². The van der Waals surface area contributed by atoms with Gasteiger partial charge in [-0.1, -0.05) is 18.2 Å². The average molecular weight is 422 g/mol. The standard InChI is InChI=1S/C23H26N4O4/c1-26(2)23(30)17-31-20-11-9-18(10-12-20)25-21(28)13-14-22(29)27(16-6-15-24)19-7-4-3-5-8-19/h3-5,7-12H,6,13-14,16-17H2,1-2H3,(H,25,28). The first-order valence-corrected chi connectivity index (χ1v) is 9.86. The van der Waals surface area contributed by atoms with Gasteiger partial charge in [0.25, 0.3) is 5.91 Å². The number of nitriles is 1. The number of carbonyl (C=O) groups is 3. The molecule has 0 aliphatic carbocycles. The van der Waals surface area contributed by atoms with Gasteiger partial charge in [0, 0.05) is 44.9 Å². The van der Waals surface area contributed by atoms with E-state index in [2.05, 4.69) is 5.32 Å². The van der Waals surface area contributed by atoms with Crippen molar-refractivity contribution in [1.29, 1.82) is 5.26 Å². The summed E-state index contributed by atoms with van der Waals surface area (Å²) in [5.74, 6) is -0.148. The fraction of sp³-hybridized carbons (Fsp3) is 0.304. The largest absolute Gasteiger partial charge is 0.484 e. The molecule has 8 heteroatoms. The molecule has 2 rings (SSSR count). The van der Waals surface area contributed by atoms with Crippen LogP contribution in [0.3, 0.4) is 0 Å². The van der Waals surface area contributed by atoms with Crippen LogP contribution >= 0.6 is 0 Å². The van der Waals surface area contributed by atoms with Crippen LogP contribution in [0.2, 0.25) is 0 Å². The fourth-order valence-corrected chi connectivity index (χ4v) is 2.66. The number of ether oxygens (including phenoxy) is 1. The SMILES string of the molecule is CN(C)C(=O)COc1ccc(NC(=O)CCC(=O)N(CCC#N)c2ccccc2)cc1. The first-order valence-electron chi connectivity index (χ1n) is 9.86. The van der Waals surface area contributed by atoms with E-state index in [1.165, 1.54) is 9.80 Å². The molecule has 31 heavy (non-hydrogen) atoms. The summed E-state index contributed by atoms with van der Waals surface area (Å²) in [6, 6.07) is 17.8. The molecule has 3 amide bonds. The summed E-state index contributed by atoms with van der Waals surface area (Å²) in [5, 5.41) is 11.6. The van der Waals surface area contributed by atoms with Crippen LogP contribution in [0.25, 0.3) is 0 Å². The van der Waals surface area contributed by atoms with E-state index in [9.17, 15) is 14.4 Å². The van der Waals surface area contributed by atoms with Gasteiger partial charge in [0.2, 0.25) is 11.8 Å². The van der Waals surface area contributed by atoms with E-state index < -0.39 is 0 Å². The van der Waals surface area contributed by atoms with Gasteiger partial charge in [-0.25, -0.2) is 0 Å². The molecule has 2 aromatic rings. The number of hydrogen-bond acceptors (Lipinski definition) is 5. The Balaban J connectivity index is 1.85. The first kappa shape index (κ1) is 23.4. The van der Waals surface area contributed by atoms with Crippen molar-refractivity contribution >= 4 is 29.1 Å². The molecule has 0 atom stereocenters. The van der Waals surface area contributed by atoms with E-state index in [4.69, 9.17) is 10.00 Å². The number of likely N-dealkylation sites (N-methyl/N-ethyl adjacent to an activating group) is 1. The molecule has 0 saturated carbocycles. The Kier molecular flexibility index (Phi) is 9.05. The molecule has 0 aromatic heterocycles. The molecule has 0 bridgehead atoms. The Morgan fingerprint density at radius 1 is 0.968 bits per heavy atom. The van der Waals surface area contributed by atoms with Crippen molar-refractivity contribution in [3.63, 3.8) is 0 Å². The van der Waals surface area contributed by atoms with Crippen LogP contribution in [-0.2, 0) is 14.4 Å². The van der Waals surface area contributed by atoms with Gasteiger partial charge in [-0.05, 0) is 36.4 Å². The molecular weight excluding hydrogens is 396 g/mol. The Hall–Kier alpha value is -3.86. The van der Waals surface area contributed by atoms with Crippen molar-refractivity contribution in [2.75, 3.05) is 37.5 Å². The van der Waals surface area contributed by atoms with Gasteiger partial charge in [0.15, 0.2) is 6.61 Å². The number of carbonyl (C=O) groups excluding carboxylic acids is 3. The third-order valence-corrected chi connectivity index (χ3v) is 4.38.